The molecule has 0 aliphatic heterocycles. The van der Waals surface area contributed by atoms with Crippen LogP contribution < -0.4 is 9.80 Å². The Bertz CT molecular complexity index is 3460. The van der Waals surface area contributed by atoms with Gasteiger partial charge in [-0.25, -0.2) is 39.9 Å². The molecule has 12 aromatic rings. The summed E-state index contributed by atoms with van der Waals surface area (Å²) >= 11 is 0. The molecule has 4 aromatic carbocycles. The highest BCUT2D eigenvalue weighted by atomic mass is 15.2. The summed E-state index contributed by atoms with van der Waals surface area (Å²) in [5, 5.41) is 10.8. The fraction of sp³-hybridized carbons (Fsp3) is 0.143. The number of hydrogen-bond acceptors (Lipinski definition) is 10. The van der Waals surface area contributed by atoms with Crippen molar-refractivity contribution in [2.45, 2.75) is 52.4 Å². The van der Waals surface area contributed by atoms with Gasteiger partial charge in [-0.05, 0) is 128 Å². The molecule has 0 aliphatic rings. The van der Waals surface area contributed by atoms with Gasteiger partial charge in [0, 0.05) is 81.9 Å². The third-order valence-corrected chi connectivity index (χ3v) is 12.9. The van der Waals surface area contributed by atoms with Crippen LogP contribution in [0.3, 0.4) is 0 Å². The van der Waals surface area contributed by atoms with Crippen molar-refractivity contribution in [1.82, 2.24) is 39.9 Å². The van der Waals surface area contributed by atoms with Crippen LogP contribution in [0, 0.1) is 0 Å². The smallest absolute Gasteiger partial charge is 0.161 e. The quantitative estimate of drug-likeness (QED) is 0.150. The molecule has 0 spiro atoms. The highest BCUT2D eigenvalue weighted by molar-refractivity contribution is 6.30. The van der Waals surface area contributed by atoms with Crippen LogP contribution in [-0.4, -0.2) is 39.9 Å². The minimum absolute atomic E-state index is 0.250. The van der Waals surface area contributed by atoms with Crippen molar-refractivity contribution in [2.24, 2.45) is 0 Å². The number of fused-ring (bicyclic) bond motifs is 4. The molecule has 0 bridgehead atoms. The van der Waals surface area contributed by atoms with Crippen molar-refractivity contribution in [3.05, 3.63) is 170 Å². The molecule has 0 fully saturated rings. The van der Waals surface area contributed by atoms with Gasteiger partial charge >= 0.3 is 0 Å². The first-order valence-electron chi connectivity index (χ1n) is 22.2. The van der Waals surface area contributed by atoms with Crippen molar-refractivity contribution in [3.63, 3.8) is 0 Å². The average Bonchev–Trinajstić information content (AvgIpc) is 3.33. The van der Waals surface area contributed by atoms with Gasteiger partial charge in [-0.3, -0.25) is 0 Å². The molecule has 12 rings (SSSR count). The molecule has 0 saturated carbocycles. The Balaban J connectivity index is 1.27. The summed E-state index contributed by atoms with van der Waals surface area (Å²) in [5.74, 6) is 0. The highest BCUT2D eigenvalue weighted by Gasteiger charge is 2.31. The van der Waals surface area contributed by atoms with Gasteiger partial charge < -0.3 is 9.80 Å². The lowest BCUT2D eigenvalue weighted by Crippen LogP contribution is -2.18. The zero-order valence-electron chi connectivity index (χ0n) is 37.5. The molecule has 0 radical (unpaired) electrons. The lowest BCUT2D eigenvalue weighted by Gasteiger charge is -2.34. The summed E-state index contributed by atoms with van der Waals surface area (Å²) in [5.41, 5.74) is 10.5. The second kappa shape index (κ2) is 14.6. The number of rotatable bonds is 6. The van der Waals surface area contributed by atoms with Crippen molar-refractivity contribution in [1.29, 1.82) is 0 Å². The number of anilines is 6. The molecule has 10 nitrogen and oxygen atoms in total. The summed E-state index contributed by atoms with van der Waals surface area (Å²) in [4.78, 5) is 42.5. The zero-order chi connectivity index (χ0) is 44.9. The Hall–Kier alpha value is -8.24. The third-order valence-electron chi connectivity index (χ3n) is 12.9. The predicted molar refractivity (Wildman–Crippen MR) is 269 cm³/mol. The first-order chi connectivity index (χ1) is 32.0. The Morgan fingerprint density at radius 1 is 0.288 bits per heavy atom. The van der Waals surface area contributed by atoms with Crippen molar-refractivity contribution < 1.29 is 0 Å². The van der Waals surface area contributed by atoms with Gasteiger partial charge in [0.2, 0.25) is 0 Å². The molecule has 66 heavy (non-hydrogen) atoms. The Morgan fingerprint density at radius 3 is 0.848 bits per heavy atom. The van der Waals surface area contributed by atoms with Gasteiger partial charge in [-0.2, -0.15) is 0 Å². The number of aromatic nitrogens is 8. The molecule has 0 atom stereocenters. The van der Waals surface area contributed by atoms with Crippen LogP contribution in [0.4, 0.5) is 34.1 Å². The summed E-state index contributed by atoms with van der Waals surface area (Å²) in [6.45, 7) is 13.9. The summed E-state index contributed by atoms with van der Waals surface area (Å²) < 4.78 is 0. The fourth-order valence-electron chi connectivity index (χ4n) is 10.00. The summed E-state index contributed by atoms with van der Waals surface area (Å²) in [6, 6.07) is 38.9. The van der Waals surface area contributed by atoms with Crippen molar-refractivity contribution in [3.8, 4) is 0 Å². The van der Waals surface area contributed by atoms with E-state index < -0.39 is 0 Å². The highest BCUT2D eigenvalue weighted by Crippen LogP contribution is 2.53. The molecule has 8 aromatic heterocycles. The van der Waals surface area contributed by atoms with Crippen LogP contribution in [0.1, 0.15) is 52.7 Å². The first-order valence-corrected chi connectivity index (χ1v) is 22.2. The number of benzene rings is 4. The molecule has 0 saturated heterocycles. The van der Waals surface area contributed by atoms with E-state index in [1.165, 1.54) is 32.7 Å². The molecular formula is C56H44N10. The van der Waals surface area contributed by atoms with E-state index in [9.17, 15) is 0 Å². The monoisotopic (exact) mass is 856 g/mol. The predicted octanol–water partition coefficient (Wildman–Crippen LogP) is 13.9. The maximum Gasteiger partial charge on any atom is 0.161 e. The van der Waals surface area contributed by atoms with E-state index in [2.05, 4.69) is 136 Å². The molecule has 0 amide bonds. The second-order valence-electron chi connectivity index (χ2n) is 18.9. The van der Waals surface area contributed by atoms with E-state index in [0.29, 0.717) is 22.6 Å². The fourth-order valence-corrected chi connectivity index (χ4v) is 10.00. The second-order valence-corrected chi connectivity index (χ2v) is 18.9. The molecule has 0 unspecified atom stereocenters. The summed E-state index contributed by atoms with van der Waals surface area (Å²) in [7, 11) is 0. The molecule has 0 aliphatic carbocycles. The van der Waals surface area contributed by atoms with Gasteiger partial charge in [0.05, 0.1) is 34.1 Å². The van der Waals surface area contributed by atoms with Crippen LogP contribution in [0.2, 0.25) is 0 Å². The lowest BCUT2D eigenvalue weighted by atomic mass is 9.77. The normalized spacial score (nSPS) is 12.4. The largest absolute Gasteiger partial charge is 0.308 e. The maximum atomic E-state index is 4.72. The average molecular weight is 857 g/mol. The van der Waals surface area contributed by atoms with Crippen molar-refractivity contribution >= 4 is 111 Å². The molecule has 8 heterocycles. The minimum atomic E-state index is -0.250. The Morgan fingerprint density at radius 2 is 0.561 bits per heavy atom. The number of pyridine rings is 8. The van der Waals surface area contributed by atoms with E-state index in [1.807, 2.05) is 49.1 Å². The molecule has 318 valence electrons. The van der Waals surface area contributed by atoms with Gasteiger partial charge in [-0.15, -0.1) is 0 Å². The Kier molecular flexibility index (Phi) is 8.74. The first kappa shape index (κ1) is 39.4. The van der Waals surface area contributed by atoms with Gasteiger partial charge in [0.1, 0.15) is 0 Å². The lowest BCUT2D eigenvalue weighted by molar-refractivity contribution is 0.595. The van der Waals surface area contributed by atoms with E-state index in [-0.39, 0.29) is 10.8 Å². The van der Waals surface area contributed by atoms with Crippen molar-refractivity contribution in [2.75, 3.05) is 9.80 Å². The SMILES string of the molecule is CC(C)(C)c1cc(N(c2ccnc3ncccc23)c2ccnc3ncccc23)c2ccc3c(C(C)(C)C)cc(N(c4ccnc5ncccc45)c4ccnc5ncccc45)c4ccc1c2c43. The molecular weight excluding hydrogens is 813 g/mol. The van der Waals surface area contributed by atoms with Crippen LogP contribution in [-0.2, 0) is 10.8 Å². The van der Waals surface area contributed by atoms with E-state index >= 15 is 0 Å². The number of nitrogens with zero attached hydrogens (tertiary/aromatic N) is 10. The van der Waals surface area contributed by atoms with Crippen LogP contribution in [0.15, 0.2) is 159 Å². The minimum Gasteiger partial charge on any atom is -0.308 e. The van der Waals surface area contributed by atoms with Crippen LogP contribution in [0.25, 0.3) is 76.5 Å². The topological polar surface area (TPSA) is 110 Å². The Labute approximate surface area is 381 Å². The zero-order valence-corrected chi connectivity index (χ0v) is 37.5. The van der Waals surface area contributed by atoms with Gasteiger partial charge in [-0.1, -0.05) is 65.8 Å². The van der Waals surface area contributed by atoms with Crippen LogP contribution in [0.5, 0.6) is 0 Å². The standard InChI is InChI=1S/C56H44N10/c1-55(2,3)41-31-47(65(43-19-27-61-51-37(43)11-7-23-57-51)44-20-28-62-52-38(44)12-8-24-58-52)35-18-16-34-42(56(4,5)6)32-48(36-17-15-33(41)49(35)50(34)36)66(45-21-29-63-53-39(45)13-9-25-59-53)46-22-30-64-54-40(46)14-10-26-60-54/h7-32H,1-6H3. The van der Waals surface area contributed by atoms with Gasteiger partial charge in [0.25, 0.3) is 0 Å². The van der Waals surface area contributed by atoms with E-state index in [0.717, 1.165) is 66.4 Å². The third kappa shape index (κ3) is 6.09. The maximum absolute atomic E-state index is 4.72. The van der Waals surface area contributed by atoms with Gasteiger partial charge in [0.15, 0.2) is 22.6 Å². The number of hydrogen-bond donors (Lipinski definition) is 0. The van der Waals surface area contributed by atoms with Crippen LogP contribution >= 0.6 is 0 Å². The molecule has 10 heteroatoms. The molecule has 0 N–H and O–H groups in total. The summed E-state index contributed by atoms with van der Waals surface area (Å²) in [6.07, 6.45) is 14.6. The van der Waals surface area contributed by atoms with E-state index in [1.54, 1.807) is 24.8 Å². The van der Waals surface area contributed by atoms with E-state index in [4.69, 9.17) is 39.9 Å².